The van der Waals surface area contributed by atoms with Gasteiger partial charge in [-0.25, -0.2) is 0 Å². The summed E-state index contributed by atoms with van der Waals surface area (Å²) in [4.78, 5) is 27.2. The van der Waals surface area contributed by atoms with Gasteiger partial charge in [-0.2, -0.15) is 5.10 Å². The summed E-state index contributed by atoms with van der Waals surface area (Å²) >= 11 is 0. The lowest BCUT2D eigenvalue weighted by Gasteiger charge is -2.06. The van der Waals surface area contributed by atoms with Crippen LogP contribution in [0, 0.1) is 0 Å². The van der Waals surface area contributed by atoms with Gasteiger partial charge in [0.2, 0.25) is 5.91 Å². The number of rotatable bonds is 7. The summed E-state index contributed by atoms with van der Waals surface area (Å²) < 4.78 is 6.49. The predicted molar refractivity (Wildman–Crippen MR) is 84.2 cm³/mol. The second kappa shape index (κ2) is 8.07. The lowest BCUT2D eigenvalue weighted by atomic mass is 10.2. The fraction of sp³-hybridized carbons (Fsp3) is 0.375. The number of amides is 1. The van der Waals surface area contributed by atoms with Gasteiger partial charge in [-0.3, -0.25) is 19.3 Å². The van der Waals surface area contributed by atoms with Crippen LogP contribution in [-0.2, 0) is 27.9 Å². The van der Waals surface area contributed by atoms with Crippen molar-refractivity contribution in [3.63, 3.8) is 0 Å². The first kappa shape index (κ1) is 16.7. The molecule has 1 N–H and O–H groups in total. The van der Waals surface area contributed by atoms with Gasteiger partial charge in [0.1, 0.15) is 0 Å². The third-order valence-corrected chi connectivity index (χ3v) is 3.18. The standard InChI is InChI=1S/C16H20N4O3/c1-3-23-16(22)7-6-15(21)18-9-12-4-5-14(17-8-12)13-10-19-20(2)11-13/h4-5,8,10-11H,3,6-7,9H2,1-2H3,(H,18,21). The van der Waals surface area contributed by atoms with E-state index >= 15 is 0 Å². The Kier molecular flexibility index (Phi) is 5.85. The third kappa shape index (κ3) is 5.21. The van der Waals surface area contributed by atoms with Gasteiger partial charge >= 0.3 is 5.97 Å². The van der Waals surface area contributed by atoms with E-state index in [1.54, 1.807) is 24.0 Å². The summed E-state index contributed by atoms with van der Waals surface area (Å²) in [5.74, 6) is -0.542. The van der Waals surface area contributed by atoms with Crippen LogP contribution in [-0.4, -0.2) is 33.2 Å². The number of esters is 1. The number of pyridine rings is 1. The highest BCUT2D eigenvalue weighted by atomic mass is 16.5. The molecule has 0 saturated carbocycles. The maximum Gasteiger partial charge on any atom is 0.306 e. The summed E-state index contributed by atoms with van der Waals surface area (Å²) in [7, 11) is 1.85. The van der Waals surface area contributed by atoms with Crippen molar-refractivity contribution < 1.29 is 14.3 Å². The number of carbonyl (C=O) groups is 2. The van der Waals surface area contributed by atoms with E-state index < -0.39 is 0 Å². The van der Waals surface area contributed by atoms with Crippen LogP contribution in [0.2, 0.25) is 0 Å². The largest absolute Gasteiger partial charge is 0.466 e. The summed E-state index contributed by atoms with van der Waals surface area (Å²) in [5, 5.41) is 6.86. The van der Waals surface area contributed by atoms with Crippen LogP contribution in [0.5, 0.6) is 0 Å². The van der Waals surface area contributed by atoms with Crippen molar-refractivity contribution in [2.45, 2.75) is 26.3 Å². The minimum atomic E-state index is -0.356. The lowest BCUT2D eigenvalue weighted by molar-refractivity contribution is -0.144. The normalized spacial score (nSPS) is 10.3. The quantitative estimate of drug-likeness (QED) is 0.781. The van der Waals surface area contributed by atoms with Crippen LogP contribution in [0.3, 0.4) is 0 Å². The molecule has 1 amide bonds. The average molecular weight is 316 g/mol. The molecule has 7 heteroatoms. The monoisotopic (exact) mass is 316 g/mol. The second-order valence-electron chi connectivity index (χ2n) is 5.04. The van der Waals surface area contributed by atoms with Crippen LogP contribution in [0.4, 0.5) is 0 Å². The van der Waals surface area contributed by atoms with Crippen molar-refractivity contribution in [2.24, 2.45) is 7.05 Å². The first-order valence-electron chi connectivity index (χ1n) is 7.44. The smallest absolute Gasteiger partial charge is 0.306 e. The van der Waals surface area contributed by atoms with Gasteiger partial charge in [-0.1, -0.05) is 6.07 Å². The highest BCUT2D eigenvalue weighted by molar-refractivity contribution is 5.81. The Morgan fingerprint density at radius 3 is 2.70 bits per heavy atom. The molecule has 2 aromatic heterocycles. The van der Waals surface area contributed by atoms with E-state index in [0.717, 1.165) is 16.8 Å². The number of hydrogen-bond acceptors (Lipinski definition) is 5. The van der Waals surface area contributed by atoms with Crippen molar-refractivity contribution in [3.8, 4) is 11.3 Å². The minimum absolute atomic E-state index is 0.0951. The number of carbonyl (C=O) groups excluding carboxylic acids is 2. The molecule has 2 rings (SSSR count). The first-order chi connectivity index (χ1) is 11.1. The van der Waals surface area contributed by atoms with E-state index in [9.17, 15) is 9.59 Å². The fourth-order valence-electron chi connectivity index (χ4n) is 1.99. The van der Waals surface area contributed by atoms with Gasteiger partial charge in [-0.15, -0.1) is 0 Å². The van der Waals surface area contributed by atoms with E-state index in [0.29, 0.717) is 13.2 Å². The van der Waals surface area contributed by atoms with Crippen LogP contribution in [0.15, 0.2) is 30.7 Å². The highest BCUT2D eigenvalue weighted by Crippen LogP contribution is 2.15. The Bertz CT molecular complexity index is 664. The maximum absolute atomic E-state index is 11.7. The number of aromatic nitrogens is 3. The average Bonchev–Trinajstić information content (AvgIpc) is 2.98. The summed E-state index contributed by atoms with van der Waals surface area (Å²) in [6.07, 6.45) is 5.57. The SMILES string of the molecule is CCOC(=O)CCC(=O)NCc1ccc(-c2cnn(C)c2)nc1. The first-order valence-corrected chi connectivity index (χ1v) is 7.44. The predicted octanol–water partition coefficient (Wildman–Crippen LogP) is 1.44. The van der Waals surface area contributed by atoms with Gasteiger partial charge in [0.25, 0.3) is 0 Å². The van der Waals surface area contributed by atoms with Gasteiger partial charge < -0.3 is 10.1 Å². The van der Waals surface area contributed by atoms with Crippen molar-refractivity contribution in [1.29, 1.82) is 0 Å². The molecule has 0 radical (unpaired) electrons. The minimum Gasteiger partial charge on any atom is -0.466 e. The molecule has 122 valence electrons. The summed E-state index contributed by atoms with van der Waals surface area (Å²) in [6, 6.07) is 3.79. The zero-order chi connectivity index (χ0) is 16.7. The van der Waals surface area contributed by atoms with Crippen molar-refractivity contribution in [1.82, 2.24) is 20.1 Å². The summed E-state index contributed by atoms with van der Waals surface area (Å²) in [5.41, 5.74) is 2.66. The number of ether oxygens (including phenoxy) is 1. The molecule has 0 unspecified atom stereocenters. The third-order valence-electron chi connectivity index (χ3n) is 3.18. The van der Waals surface area contributed by atoms with E-state index in [1.807, 2.05) is 25.4 Å². The zero-order valence-corrected chi connectivity index (χ0v) is 13.3. The number of nitrogens with one attached hydrogen (secondary N) is 1. The molecule has 0 aliphatic carbocycles. The van der Waals surface area contributed by atoms with Gasteiger partial charge in [0.05, 0.1) is 24.9 Å². The van der Waals surface area contributed by atoms with E-state index in [-0.39, 0.29) is 24.7 Å². The maximum atomic E-state index is 11.7. The molecule has 0 fully saturated rings. The molecular weight excluding hydrogens is 296 g/mol. The lowest BCUT2D eigenvalue weighted by Crippen LogP contribution is -2.23. The van der Waals surface area contributed by atoms with Crippen LogP contribution in [0.25, 0.3) is 11.3 Å². The van der Waals surface area contributed by atoms with Crippen LogP contribution in [0.1, 0.15) is 25.3 Å². The Balaban J connectivity index is 1.80. The summed E-state index contributed by atoms with van der Waals surface area (Å²) in [6.45, 7) is 2.44. The van der Waals surface area contributed by atoms with E-state index in [4.69, 9.17) is 4.74 Å². The molecule has 2 aromatic rings. The van der Waals surface area contributed by atoms with E-state index in [1.165, 1.54) is 0 Å². The molecule has 0 bridgehead atoms. The van der Waals surface area contributed by atoms with Crippen molar-refractivity contribution in [3.05, 3.63) is 36.3 Å². The topological polar surface area (TPSA) is 86.1 Å². The number of aryl methyl sites for hydroxylation is 1. The number of hydrogen-bond donors (Lipinski definition) is 1. The molecule has 0 aliphatic heterocycles. The molecule has 7 nitrogen and oxygen atoms in total. The molecule has 0 aromatic carbocycles. The Morgan fingerprint density at radius 2 is 2.09 bits per heavy atom. The molecule has 0 atom stereocenters. The molecule has 0 aliphatic rings. The molecule has 23 heavy (non-hydrogen) atoms. The highest BCUT2D eigenvalue weighted by Gasteiger charge is 2.07. The molecular formula is C16H20N4O3. The molecule has 0 saturated heterocycles. The molecule has 0 spiro atoms. The Morgan fingerprint density at radius 1 is 1.26 bits per heavy atom. The van der Waals surface area contributed by atoms with Crippen molar-refractivity contribution in [2.75, 3.05) is 6.61 Å². The van der Waals surface area contributed by atoms with Gasteiger partial charge in [0, 0.05) is 38.0 Å². The Labute approximate surface area is 134 Å². The van der Waals surface area contributed by atoms with Crippen LogP contribution >= 0.6 is 0 Å². The van der Waals surface area contributed by atoms with E-state index in [2.05, 4.69) is 15.4 Å². The molecule has 2 heterocycles. The number of nitrogens with zero attached hydrogens (tertiary/aromatic N) is 3. The van der Waals surface area contributed by atoms with Gasteiger partial charge in [0.15, 0.2) is 0 Å². The van der Waals surface area contributed by atoms with Crippen LogP contribution < -0.4 is 5.32 Å². The second-order valence-corrected chi connectivity index (χ2v) is 5.04. The Hall–Kier alpha value is -2.70. The zero-order valence-electron chi connectivity index (χ0n) is 13.3. The fourth-order valence-corrected chi connectivity index (χ4v) is 1.99. The van der Waals surface area contributed by atoms with Crippen molar-refractivity contribution >= 4 is 11.9 Å². The van der Waals surface area contributed by atoms with Gasteiger partial charge in [-0.05, 0) is 18.6 Å².